The number of hydrogen-bond donors (Lipinski definition) is 0. The van der Waals surface area contributed by atoms with E-state index < -0.39 is 23.3 Å². The van der Waals surface area contributed by atoms with Gasteiger partial charge in [-0.05, 0) is 39.2 Å². The predicted molar refractivity (Wildman–Crippen MR) is 110 cm³/mol. The lowest BCUT2D eigenvalue weighted by Crippen LogP contribution is -2.39. The van der Waals surface area contributed by atoms with Crippen LogP contribution in [0, 0.1) is 13.8 Å². The van der Waals surface area contributed by atoms with Crippen molar-refractivity contribution in [1.82, 2.24) is 24.7 Å². The maximum atomic E-state index is 13.8. The Balaban J connectivity index is 1.82. The first-order valence-electron chi connectivity index (χ1n) is 10.6. The molecule has 1 unspecified atom stereocenters. The number of halogens is 3. The average Bonchev–Trinajstić information content (AvgIpc) is 3.28. The third-order valence-electron chi connectivity index (χ3n) is 5.86. The van der Waals surface area contributed by atoms with Gasteiger partial charge in [0.1, 0.15) is 17.0 Å². The molecule has 1 aliphatic heterocycles. The largest absolute Gasteiger partial charge is 0.433 e. The molecule has 7 nitrogen and oxygen atoms in total. The Bertz CT molecular complexity index is 1150. The molecule has 0 spiro atoms. The smallest absolute Gasteiger partial charge is 0.361 e. The van der Waals surface area contributed by atoms with Crippen molar-refractivity contribution in [3.63, 3.8) is 0 Å². The fourth-order valence-corrected chi connectivity index (χ4v) is 4.16. The molecule has 0 aliphatic carbocycles. The molecule has 1 atom stereocenters. The Morgan fingerprint density at radius 2 is 1.88 bits per heavy atom. The van der Waals surface area contributed by atoms with Crippen LogP contribution < -0.4 is 0 Å². The van der Waals surface area contributed by atoms with Gasteiger partial charge >= 0.3 is 6.18 Å². The summed E-state index contributed by atoms with van der Waals surface area (Å²) in [4.78, 5) is 19.4. The maximum absolute atomic E-state index is 13.8. The predicted octanol–water partition coefficient (Wildman–Crippen LogP) is 5.02. The molecule has 0 saturated carbocycles. The number of nitrogens with zero attached hydrogens (tertiary/aromatic N) is 5. The van der Waals surface area contributed by atoms with Gasteiger partial charge in [-0.1, -0.05) is 25.9 Å². The fourth-order valence-electron chi connectivity index (χ4n) is 4.16. The van der Waals surface area contributed by atoms with Crippen molar-refractivity contribution in [3.05, 3.63) is 46.2 Å². The van der Waals surface area contributed by atoms with Gasteiger partial charge in [-0.15, -0.1) is 0 Å². The van der Waals surface area contributed by atoms with E-state index >= 15 is 0 Å². The topological polar surface area (TPSA) is 76.5 Å². The second kappa shape index (κ2) is 7.60. The highest BCUT2D eigenvalue weighted by Gasteiger charge is 2.38. The third kappa shape index (κ3) is 3.86. The van der Waals surface area contributed by atoms with Gasteiger partial charge in [0, 0.05) is 18.0 Å². The molecule has 0 bridgehead atoms. The van der Waals surface area contributed by atoms with Crippen LogP contribution in [-0.2, 0) is 11.6 Å². The molecule has 4 heterocycles. The van der Waals surface area contributed by atoms with Crippen molar-refractivity contribution in [2.45, 2.75) is 71.5 Å². The molecule has 1 fully saturated rings. The number of aryl methyl sites for hydroxylation is 2. The highest BCUT2D eigenvalue weighted by molar-refractivity contribution is 5.96. The molecule has 0 N–H and O–H groups in total. The SMILES string of the molecule is Cc1noc(C)c1C(=O)N1CCCCC1c1cc2nc(C(C)(C)C)cc(C(F)(F)F)n2n1. The van der Waals surface area contributed by atoms with Crippen molar-refractivity contribution in [1.29, 1.82) is 0 Å². The first kappa shape index (κ1) is 22.3. The second-order valence-electron chi connectivity index (χ2n) is 9.32. The lowest BCUT2D eigenvalue weighted by Gasteiger charge is -2.34. The zero-order valence-electron chi connectivity index (χ0n) is 18.7. The van der Waals surface area contributed by atoms with Crippen LogP contribution in [0.25, 0.3) is 5.65 Å². The fraction of sp³-hybridized carbons (Fsp3) is 0.545. The summed E-state index contributed by atoms with van der Waals surface area (Å²) in [5.41, 5.74) is 0.285. The summed E-state index contributed by atoms with van der Waals surface area (Å²) in [7, 11) is 0. The Morgan fingerprint density at radius 3 is 2.47 bits per heavy atom. The van der Waals surface area contributed by atoms with Crippen molar-refractivity contribution in [3.8, 4) is 0 Å². The summed E-state index contributed by atoms with van der Waals surface area (Å²) in [5.74, 6) is 0.171. The van der Waals surface area contributed by atoms with Crippen molar-refractivity contribution in [2.24, 2.45) is 0 Å². The van der Waals surface area contributed by atoms with E-state index in [1.54, 1.807) is 24.8 Å². The summed E-state index contributed by atoms with van der Waals surface area (Å²) in [5, 5.41) is 8.14. The van der Waals surface area contributed by atoms with Gasteiger partial charge in [0.25, 0.3) is 5.91 Å². The number of fused-ring (bicyclic) bond motifs is 1. The summed E-state index contributed by atoms with van der Waals surface area (Å²) in [6.07, 6.45) is -2.34. The normalized spacial score (nSPS) is 17.9. The van der Waals surface area contributed by atoms with Crippen LogP contribution in [-0.4, -0.2) is 37.1 Å². The molecule has 3 aromatic heterocycles. The number of carbonyl (C=O) groups is 1. The van der Waals surface area contributed by atoms with E-state index in [0.29, 0.717) is 41.4 Å². The summed E-state index contributed by atoms with van der Waals surface area (Å²) >= 11 is 0. The highest BCUT2D eigenvalue weighted by Crippen LogP contribution is 2.36. The number of likely N-dealkylation sites (tertiary alicyclic amines) is 1. The molecule has 4 rings (SSSR count). The van der Waals surface area contributed by atoms with Gasteiger partial charge in [0.15, 0.2) is 5.65 Å². The molecule has 32 heavy (non-hydrogen) atoms. The van der Waals surface area contributed by atoms with Gasteiger partial charge < -0.3 is 9.42 Å². The number of piperidine rings is 1. The van der Waals surface area contributed by atoms with Crippen LogP contribution in [0.2, 0.25) is 0 Å². The number of carbonyl (C=O) groups excluding carboxylic acids is 1. The Morgan fingerprint density at radius 1 is 1.16 bits per heavy atom. The van der Waals surface area contributed by atoms with E-state index in [2.05, 4.69) is 15.2 Å². The van der Waals surface area contributed by atoms with E-state index in [1.807, 2.05) is 20.8 Å². The van der Waals surface area contributed by atoms with E-state index in [1.165, 1.54) is 0 Å². The average molecular weight is 449 g/mol. The molecule has 0 aromatic carbocycles. The zero-order chi connectivity index (χ0) is 23.4. The van der Waals surface area contributed by atoms with E-state index in [0.717, 1.165) is 23.4 Å². The minimum atomic E-state index is -4.59. The van der Waals surface area contributed by atoms with Crippen LogP contribution in [0.3, 0.4) is 0 Å². The second-order valence-corrected chi connectivity index (χ2v) is 9.32. The van der Waals surface area contributed by atoms with Crippen molar-refractivity contribution < 1.29 is 22.5 Å². The van der Waals surface area contributed by atoms with E-state index in [9.17, 15) is 18.0 Å². The van der Waals surface area contributed by atoms with Crippen LogP contribution in [0.4, 0.5) is 13.2 Å². The summed E-state index contributed by atoms with van der Waals surface area (Å²) < 4.78 is 47.5. The quantitative estimate of drug-likeness (QED) is 0.549. The minimum Gasteiger partial charge on any atom is -0.361 e. The summed E-state index contributed by atoms with van der Waals surface area (Å²) in [6, 6.07) is 2.16. The molecule has 3 aromatic rings. The Labute approximate surface area is 183 Å². The van der Waals surface area contributed by atoms with E-state index in [-0.39, 0.29) is 11.6 Å². The molecule has 0 radical (unpaired) electrons. The number of hydrogen-bond acceptors (Lipinski definition) is 5. The monoisotopic (exact) mass is 449 g/mol. The van der Waals surface area contributed by atoms with Crippen molar-refractivity contribution >= 4 is 11.6 Å². The lowest BCUT2D eigenvalue weighted by atomic mass is 9.91. The first-order chi connectivity index (χ1) is 14.9. The van der Waals surface area contributed by atoms with Gasteiger partial charge in [-0.25, -0.2) is 9.50 Å². The van der Waals surface area contributed by atoms with Crippen LogP contribution >= 0.6 is 0 Å². The molecule has 1 saturated heterocycles. The molecule has 10 heteroatoms. The number of rotatable bonds is 2. The van der Waals surface area contributed by atoms with Gasteiger partial charge in [-0.2, -0.15) is 18.3 Å². The number of alkyl halides is 3. The van der Waals surface area contributed by atoms with Gasteiger partial charge in [0.2, 0.25) is 0 Å². The first-order valence-corrected chi connectivity index (χ1v) is 10.6. The molecular formula is C22H26F3N5O2. The van der Waals surface area contributed by atoms with Crippen LogP contribution in [0.15, 0.2) is 16.7 Å². The van der Waals surface area contributed by atoms with Gasteiger partial charge in [0.05, 0.1) is 23.1 Å². The summed E-state index contributed by atoms with van der Waals surface area (Å²) in [6.45, 7) is 9.29. The number of amides is 1. The molecular weight excluding hydrogens is 423 g/mol. The maximum Gasteiger partial charge on any atom is 0.433 e. The highest BCUT2D eigenvalue weighted by atomic mass is 19.4. The molecule has 172 valence electrons. The minimum absolute atomic E-state index is 0.120. The van der Waals surface area contributed by atoms with Crippen LogP contribution in [0.5, 0.6) is 0 Å². The Kier molecular flexibility index (Phi) is 5.29. The molecule has 1 aliphatic rings. The van der Waals surface area contributed by atoms with Crippen molar-refractivity contribution in [2.75, 3.05) is 6.54 Å². The third-order valence-corrected chi connectivity index (χ3v) is 5.86. The lowest BCUT2D eigenvalue weighted by molar-refractivity contribution is -0.142. The van der Waals surface area contributed by atoms with Crippen LogP contribution in [0.1, 0.15) is 85.0 Å². The standard InChI is InChI=1S/C22H26F3N5O2/c1-12-19(13(2)32-28-12)20(31)29-9-7-6-8-15(29)14-10-18-26-16(21(3,4)5)11-17(22(23,24)25)30(18)27-14/h10-11,15H,6-9H2,1-5H3. The zero-order valence-corrected chi connectivity index (χ0v) is 18.7. The van der Waals surface area contributed by atoms with Gasteiger partial charge in [-0.3, -0.25) is 4.79 Å². The molecule has 1 amide bonds. The Hall–Kier alpha value is -2.91. The van der Waals surface area contributed by atoms with E-state index in [4.69, 9.17) is 4.52 Å². The number of aromatic nitrogens is 4.